The van der Waals surface area contributed by atoms with Gasteiger partial charge in [0.25, 0.3) is 5.56 Å². The number of ether oxygens (including phenoxy) is 1. The van der Waals surface area contributed by atoms with Gasteiger partial charge in [-0.1, -0.05) is 5.16 Å². The van der Waals surface area contributed by atoms with Crippen LogP contribution in [0.2, 0.25) is 0 Å². The molecule has 0 bridgehead atoms. The number of halogens is 3. The molecule has 2 aromatic rings. The van der Waals surface area contributed by atoms with E-state index < -0.39 is 17.6 Å². The lowest BCUT2D eigenvalue weighted by Crippen LogP contribution is -2.49. The second-order valence-electron chi connectivity index (χ2n) is 6.36. The molecule has 0 aromatic carbocycles. The lowest BCUT2D eigenvalue weighted by molar-refractivity contribution is -0.159. The van der Waals surface area contributed by atoms with Gasteiger partial charge in [0.15, 0.2) is 0 Å². The van der Waals surface area contributed by atoms with Crippen molar-refractivity contribution in [1.82, 2.24) is 19.6 Å². The molecule has 27 heavy (non-hydrogen) atoms. The van der Waals surface area contributed by atoms with E-state index >= 15 is 0 Å². The van der Waals surface area contributed by atoms with Gasteiger partial charge in [-0.2, -0.15) is 18.2 Å². The summed E-state index contributed by atoms with van der Waals surface area (Å²) in [7, 11) is 0. The molecular formula is C16H17F3N4O4. The maximum Gasteiger partial charge on any atom is 0.471 e. The van der Waals surface area contributed by atoms with Gasteiger partial charge in [-0.05, 0) is 19.9 Å². The molecule has 0 aliphatic carbocycles. The van der Waals surface area contributed by atoms with Gasteiger partial charge >= 0.3 is 12.1 Å². The van der Waals surface area contributed by atoms with Crippen LogP contribution >= 0.6 is 0 Å². The van der Waals surface area contributed by atoms with Gasteiger partial charge in [0.1, 0.15) is 6.54 Å². The average Bonchev–Trinajstić information content (AvgIpc) is 3.06. The van der Waals surface area contributed by atoms with Gasteiger partial charge in [0, 0.05) is 30.9 Å². The SMILES string of the molecule is CC1CN(C(=O)Cn2ccc(-c3noc(C(F)(F)F)n3)cc2=O)CC(C)O1. The van der Waals surface area contributed by atoms with Crippen molar-refractivity contribution < 1.29 is 27.2 Å². The standard InChI is InChI=1S/C16H17F3N4O4/c1-9-6-23(7-10(2)26-9)13(25)8-22-4-3-11(5-12(22)24)14-20-15(27-21-14)16(17,18)19/h3-5,9-10H,6-8H2,1-2H3. The number of alkyl halides is 3. The Hall–Kier alpha value is -2.69. The van der Waals surface area contributed by atoms with E-state index in [1.165, 1.54) is 16.8 Å². The van der Waals surface area contributed by atoms with Gasteiger partial charge in [0.2, 0.25) is 11.7 Å². The number of nitrogens with zero attached hydrogens (tertiary/aromatic N) is 4. The second-order valence-corrected chi connectivity index (χ2v) is 6.36. The first-order chi connectivity index (χ1) is 12.6. The zero-order chi connectivity index (χ0) is 19.8. The molecule has 1 aliphatic rings. The molecule has 1 fully saturated rings. The van der Waals surface area contributed by atoms with Gasteiger partial charge in [-0.25, -0.2) is 0 Å². The molecule has 0 spiro atoms. The number of hydrogen-bond acceptors (Lipinski definition) is 6. The predicted octanol–water partition coefficient (Wildman–Crippen LogP) is 1.55. The Morgan fingerprint density at radius 1 is 1.30 bits per heavy atom. The van der Waals surface area contributed by atoms with Crippen molar-refractivity contribution in [3.63, 3.8) is 0 Å². The van der Waals surface area contributed by atoms with Crippen LogP contribution in [0, 0.1) is 0 Å². The minimum atomic E-state index is -4.76. The number of amides is 1. The summed E-state index contributed by atoms with van der Waals surface area (Å²) in [6.45, 7) is 4.39. The van der Waals surface area contributed by atoms with Crippen molar-refractivity contribution in [2.75, 3.05) is 13.1 Å². The minimum absolute atomic E-state index is 0.0663. The normalized spacial score (nSPS) is 20.7. The zero-order valence-electron chi connectivity index (χ0n) is 14.6. The highest BCUT2D eigenvalue weighted by molar-refractivity contribution is 5.76. The summed E-state index contributed by atoms with van der Waals surface area (Å²) in [5.74, 6) is -2.09. The molecule has 146 valence electrons. The minimum Gasteiger partial charge on any atom is -0.372 e. The highest BCUT2D eigenvalue weighted by Gasteiger charge is 2.38. The van der Waals surface area contributed by atoms with Crippen molar-refractivity contribution in [1.29, 1.82) is 0 Å². The third-order valence-corrected chi connectivity index (χ3v) is 4.00. The van der Waals surface area contributed by atoms with Gasteiger partial charge in [-0.15, -0.1) is 0 Å². The highest BCUT2D eigenvalue weighted by Crippen LogP contribution is 2.29. The number of hydrogen-bond donors (Lipinski definition) is 0. The van der Waals surface area contributed by atoms with Gasteiger partial charge in [-0.3, -0.25) is 9.59 Å². The summed E-state index contributed by atoms with van der Waals surface area (Å²) in [4.78, 5) is 29.5. The van der Waals surface area contributed by atoms with E-state index in [-0.39, 0.29) is 36.0 Å². The summed E-state index contributed by atoms with van der Waals surface area (Å²) in [6.07, 6.45) is -3.65. The maximum absolute atomic E-state index is 12.5. The number of carbonyl (C=O) groups excluding carboxylic acids is 1. The first-order valence-electron chi connectivity index (χ1n) is 8.18. The first-order valence-corrected chi connectivity index (χ1v) is 8.18. The van der Waals surface area contributed by atoms with Crippen LogP contribution in [0.4, 0.5) is 13.2 Å². The highest BCUT2D eigenvalue weighted by atomic mass is 19.4. The molecule has 1 amide bonds. The number of pyridine rings is 1. The third-order valence-electron chi connectivity index (χ3n) is 4.00. The van der Waals surface area contributed by atoms with E-state index in [2.05, 4.69) is 14.7 Å². The van der Waals surface area contributed by atoms with Crippen LogP contribution in [-0.2, 0) is 22.3 Å². The van der Waals surface area contributed by atoms with Crippen LogP contribution in [-0.4, -0.2) is 50.8 Å². The summed E-state index contributed by atoms with van der Waals surface area (Å²) in [6, 6.07) is 2.41. The topological polar surface area (TPSA) is 90.5 Å². The van der Waals surface area contributed by atoms with E-state index in [4.69, 9.17) is 4.74 Å². The second kappa shape index (κ2) is 7.14. The van der Waals surface area contributed by atoms with Crippen LogP contribution < -0.4 is 5.56 Å². The van der Waals surface area contributed by atoms with Crippen molar-refractivity contribution in [3.8, 4) is 11.4 Å². The smallest absolute Gasteiger partial charge is 0.372 e. The number of aromatic nitrogens is 3. The van der Waals surface area contributed by atoms with E-state index in [9.17, 15) is 22.8 Å². The van der Waals surface area contributed by atoms with Crippen LogP contribution in [0.3, 0.4) is 0 Å². The van der Waals surface area contributed by atoms with Crippen molar-refractivity contribution >= 4 is 5.91 Å². The predicted molar refractivity (Wildman–Crippen MR) is 85.6 cm³/mol. The van der Waals surface area contributed by atoms with Crippen LogP contribution in [0.5, 0.6) is 0 Å². The summed E-state index contributed by atoms with van der Waals surface area (Å²) < 4.78 is 48.5. The van der Waals surface area contributed by atoms with Gasteiger partial charge < -0.3 is 18.7 Å². The summed E-state index contributed by atoms with van der Waals surface area (Å²) in [5.41, 5.74) is -0.495. The fourth-order valence-electron chi connectivity index (χ4n) is 2.86. The number of carbonyl (C=O) groups is 1. The Bertz CT molecular complexity index is 882. The molecule has 1 aliphatic heterocycles. The average molecular weight is 386 g/mol. The Morgan fingerprint density at radius 2 is 1.96 bits per heavy atom. The molecule has 0 saturated carbocycles. The Morgan fingerprint density at radius 3 is 2.52 bits per heavy atom. The molecule has 2 atom stereocenters. The maximum atomic E-state index is 12.5. The quantitative estimate of drug-likeness (QED) is 0.795. The van der Waals surface area contributed by atoms with Crippen molar-refractivity contribution in [3.05, 3.63) is 34.6 Å². The lowest BCUT2D eigenvalue weighted by Gasteiger charge is -2.35. The van der Waals surface area contributed by atoms with Crippen molar-refractivity contribution in [2.45, 2.75) is 38.8 Å². The molecule has 2 unspecified atom stereocenters. The van der Waals surface area contributed by atoms with E-state index in [1.54, 1.807) is 4.90 Å². The largest absolute Gasteiger partial charge is 0.471 e. The fraction of sp³-hybridized carbons (Fsp3) is 0.500. The third kappa shape index (κ3) is 4.35. The van der Waals surface area contributed by atoms with Crippen LogP contribution in [0.25, 0.3) is 11.4 Å². The Balaban J connectivity index is 1.74. The van der Waals surface area contributed by atoms with Gasteiger partial charge in [0.05, 0.1) is 12.2 Å². The van der Waals surface area contributed by atoms with Crippen LogP contribution in [0.15, 0.2) is 27.6 Å². The molecule has 8 nitrogen and oxygen atoms in total. The lowest BCUT2D eigenvalue weighted by atomic mass is 10.2. The molecule has 1 saturated heterocycles. The van der Waals surface area contributed by atoms with E-state index in [0.717, 1.165) is 6.07 Å². The molecule has 3 rings (SSSR count). The van der Waals surface area contributed by atoms with E-state index in [1.807, 2.05) is 13.8 Å². The molecule has 0 radical (unpaired) electrons. The molecule has 11 heteroatoms. The Labute approximate surface area is 151 Å². The summed E-state index contributed by atoms with van der Waals surface area (Å²) in [5, 5.41) is 3.23. The van der Waals surface area contributed by atoms with Crippen LogP contribution in [0.1, 0.15) is 19.7 Å². The van der Waals surface area contributed by atoms with E-state index in [0.29, 0.717) is 13.1 Å². The Kier molecular flexibility index (Phi) is 5.05. The number of morpholine rings is 1. The molecule has 2 aromatic heterocycles. The zero-order valence-corrected chi connectivity index (χ0v) is 14.6. The first kappa shape index (κ1) is 19.1. The monoisotopic (exact) mass is 386 g/mol. The summed E-state index contributed by atoms with van der Waals surface area (Å²) >= 11 is 0. The number of rotatable bonds is 3. The molecule has 0 N–H and O–H groups in total. The van der Waals surface area contributed by atoms with Crippen molar-refractivity contribution in [2.24, 2.45) is 0 Å². The fourth-order valence-corrected chi connectivity index (χ4v) is 2.86. The molecule has 3 heterocycles. The molecular weight excluding hydrogens is 369 g/mol.